The van der Waals surface area contributed by atoms with Crippen molar-refractivity contribution in [3.63, 3.8) is 0 Å². The monoisotopic (exact) mass is 422 g/mol. The number of benzene rings is 4. The Labute approximate surface area is 181 Å². The van der Waals surface area contributed by atoms with Gasteiger partial charge in [-0.25, -0.2) is 8.78 Å². The average Bonchev–Trinajstić information content (AvgIpc) is 3.22. The van der Waals surface area contributed by atoms with E-state index in [1.807, 2.05) is 36.4 Å². The van der Waals surface area contributed by atoms with Crippen LogP contribution in [0.25, 0.3) is 10.4 Å². The maximum Gasteiger partial charge on any atom is 0.180 e. The molecule has 0 saturated carbocycles. The van der Waals surface area contributed by atoms with Gasteiger partial charge in [0.2, 0.25) is 0 Å². The zero-order valence-corrected chi connectivity index (χ0v) is 17.8. The minimum absolute atomic E-state index is 0.249. The molecule has 31 heavy (non-hydrogen) atoms. The molecule has 0 spiro atoms. The predicted molar refractivity (Wildman–Crippen MR) is 127 cm³/mol. The Hall–Kier alpha value is -3.56. The highest BCUT2D eigenvalue weighted by molar-refractivity contribution is 7.26. The third kappa shape index (κ3) is 3.27. The maximum absolute atomic E-state index is 13.7. The minimum atomic E-state index is -2.68. The summed E-state index contributed by atoms with van der Waals surface area (Å²) < 4.78 is 27.5. The summed E-state index contributed by atoms with van der Waals surface area (Å²) in [6.07, 6.45) is 4.33. The standard InChI is InChI=1S/C28H20F2Si/c29-23-15-11-21(12-16-23)27-19-20-28(22-13-17-24(30)18-14-22)31(27,25-7-3-1-4-8-25)26-9-5-2-6-10-26/h1-20H. The first kappa shape index (κ1) is 19.4. The van der Waals surface area contributed by atoms with Gasteiger partial charge >= 0.3 is 0 Å². The molecule has 0 nitrogen and oxygen atoms in total. The highest BCUT2D eigenvalue weighted by Crippen LogP contribution is 2.41. The number of rotatable bonds is 4. The van der Waals surface area contributed by atoms with E-state index in [9.17, 15) is 8.78 Å². The summed E-state index contributed by atoms with van der Waals surface area (Å²) in [7, 11) is -2.68. The van der Waals surface area contributed by atoms with Gasteiger partial charge in [-0.15, -0.1) is 0 Å². The molecule has 0 N–H and O–H groups in total. The summed E-state index contributed by atoms with van der Waals surface area (Å²) in [6.45, 7) is 0. The van der Waals surface area contributed by atoms with Crippen LogP contribution in [0.1, 0.15) is 11.1 Å². The topological polar surface area (TPSA) is 0 Å². The first-order chi connectivity index (χ1) is 15.2. The predicted octanol–water partition coefficient (Wildman–Crippen LogP) is 5.79. The van der Waals surface area contributed by atoms with Crippen LogP contribution in [0.4, 0.5) is 8.78 Å². The van der Waals surface area contributed by atoms with Crippen LogP contribution in [0.3, 0.4) is 0 Å². The number of allylic oxidation sites excluding steroid dienone is 2. The Morgan fingerprint density at radius 1 is 0.419 bits per heavy atom. The molecule has 0 aliphatic carbocycles. The van der Waals surface area contributed by atoms with Gasteiger partial charge in [0, 0.05) is 0 Å². The Balaban J connectivity index is 1.83. The van der Waals surface area contributed by atoms with Crippen molar-refractivity contribution in [3.05, 3.63) is 144 Å². The molecule has 0 bridgehead atoms. The largest absolute Gasteiger partial charge is 0.207 e. The number of hydrogen-bond donors (Lipinski definition) is 0. The molecule has 0 atom stereocenters. The molecule has 0 radical (unpaired) electrons. The summed E-state index contributed by atoms with van der Waals surface area (Å²) in [5.74, 6) is -0.499. The van der Waals surface area contributed by atoms with Gasteiger partial charge in [0.1, 0.15) is 11.6 Å². The van der Waals surface area contributed by atoms with E-state index >= 15 is 0 Å². The van der Waals surface area contributed by atoms with E-state index in [0.29, 0.717) is 0 Å². The lowest BCUT2D eigenvalue weighted by Gasteiger charge is -2.35. The van der Waals surface area contributed by atoms with Crippen molar-refractivity contribution >= 4 is 28.8 Å². The van der Waals surface area contributed by atoms with Crippen molar-refractivity contribution in [2.45, 2.75) is 0 Å². The molecule has 0 aromatic heterocycles. The van der Waals surface area contributed by atoms with E-state index in [1.54, 1.807) is 0 Å². The van der Waals surface area contributed by atoms with Crippen LogP contribution < -0.4 is 10.4 Å². The van der Waals surface area contributed by atoms with Gasteiger partial charge in [-0.1, -0.05) is 97.1 Å². The second kappa shape index (κ2) is 7.93. The van der Waals surface area contributed by atoms with Gasteiger partial charge in [-0.05, 0) is 56.2 Å². The smallest absolute Gasteiger partial charge is 0.180 e. The Kier molecular flexibility index (Phi) is 4.97. The van der Waals surface area contributed by atoms with Crippen LogP contribution >= 0.6 is 0 Å². The third-order valence-corrected chi connectivity index (χ3v) is 10.9. The lowest BCUT2D eigenvalue weighted by molar-refractivity contribution is 0.627. The lowest BCUT2D eigenvalue weighted by Crippen LogP contribution is -2.59. The van der Waals surface area contributed by atoms with E-state index in [0.717, 1.165) is 11.1 Å². The van der Waals surface area contributed by atoms with Crippen molar-refractivity contribution in [2.24, 2.45) is 0 Å². The fourth-order valence-electron chi connectivity index (χ4n) is 4.61. The molecule has 0 unspecified atom stereocenters. The van der Waals surface area contributed by atoms with E-state index < -0.39 is 8.07 Å². The van der Waals surface area contributed by atoms with Crippen molar-refractivity contribution in [1.29, 1.82) is 0 Å². The zero-order chi connectivity index (χ0) is 21.3. The van der Waals surface area contributed by atoms with Crippen LogP contribution in [0.15, 0.2) is 121 Å². The fraction of sp³-hybridized carbons (Fsp3) is 0. The molecule has 150 valence electrons. The van der Waals surface area contributed by atoms with Crippen LogP contribution in [0, 0.1) is 11.6 Å². The Bertz CT molecular complexity index is 1150. The summed E-state index contributed by atoms with van der Waals surface area (Å²) in [4.78, 5) is 0. The molecule has 5 rings (SSSR count). The Morgan fingerprint density at radius 2 is 0.774 bits per heavy atom. The first-order valence-electron chi connectivity index (χ1n) is 10.3. The highest BCUT2D eigenvalue weighted by Gasteiger charge is 2.47. The summed E-state index contributed by atoms with van der Waals surface area (Å²) in [5, 5.41) is 4.88. The molecule has 1 aliphatic rings. The summed E-state index contributed by atoms with van der Waals surface area (Å²) in [6, 6.07) is 34.5. The summed E-state index contributed by atoms with van der Waals surface area (Å²) >= 11 is 0. The molecule has 1 aliphatic heterocycles. The third-order valence-electron chi connectivity index (χ3n) is 5.95. The second-order valence-electron chi connectivity index (χ2n) is 7.66. The van der Waals surface area contributed by atoms with Crippen molar-refractivity contribution < 1.29 is 8.78 Å². The molecular formula is C28H20F2Si. The number of hydrogen-bond acceptors (Lipinski definition) is 0. The van der Waals surface area contributed by atoms with Crippen molar-refractivity contribution in [3.8, 4) is 0 Å². The Morgan fingerprint density at radius 3 is 1.13 bits per heavy atom. The maximum atomic E-state index is 13.7. The van der Waals surface area contributed by atoms with Crippen LogP contribution in [-0.4, -0.2) is 8.07 Å². The van der Waals surface area contributed by atoms with Crippen molar-refractivity contribution in [2.75, 3.05) is 0 Å². The average molecular weight is 423 g/mol. The molecule has 1 heterocycles. The van der Waals surface area contributed by atoms with Gasteiger partial charge < -0.3 is 0 Å². The minimum Gasteiger partial charge on any atom is -0.207 e. The van der Waals surface area contributed by atoms with Gasteiger partial charge in [0.15, 0.2) is 8.07 Å². The van der Waals surface area contributed by atoms with Gasteiger partial charge in [0.05, 0.1) is 0 Å². The molecule has 4 aromatic carbocycles. The molecule has 3 heteroatoms. The normalized spacial score (nSPS) is 14.8. The van der Waals surface area contributed by atoms with E-state index in [-0.39, 0.29) is 11.6 Å². The van der Waals surface area contributed by atoms with Gasteiger partial charge in [-0.2, -0.15) is 0 Å². The van der Waals surface area contributed by atoms with E-state index in [1.165, 1.54) is 45.0 Å². The molecule has 0 fully saturated rings. The van der Waals surface area contributed by atoms with Crippen LogP contribution in [0.2, 0.25) is 0 Å². The van der Waals surface area contributed by atoms with Gasteiger partial charge in [0.25, 0.3) is 0 Å². The number of halogens is 2. The van der Waals surface area contributed by atoms with Gasteiger partial charge in [-0.3, -0.25) is 0 Å². The quantitative estimate of drug-likeness (QED) is 0.365. The molecular weight excluding hydrogens is 402 g/mol. The lowest BCUT2D eigenvalue weighted by atomic mass is 10.2. The second-order valence-corrected chi connectivity index (χ2v) is 11.4. The SMILES string of the molecule is Fc1ccc(C2=CC=C(c3ccc(F)cc3)[Si]2(c2ccccc2)c2ccccc2)cc1. The van der Waals surface area contributed by atoms with Crippen LogP contribution in [-0.2, 0) is 0 Å². The first-order valence-corrected chi connectivity index (χ1v) is 12.3. The highest BCUT2D eigenvalue weighted by atomic mass is 28.3. The molecule has 0 amide bonds. The zero-order valence-electron chi connectivity index (χ0n) is 16.8. The van der Waals surface area contributed by atoms with Crippen LogP contribution in [0.5, 0.6) is 0 Å². The van der Waals surface area contributed by atoms with E-state index in [2.05, 4.69) is 60.7 Å². The molecule has 0 saturated heterocycles. The summed E-state index contributed by atoms with van der Waals surface area (Å²) in [5.41, 5.74) is 2.02. The molecule has 4 aromatic rings. The fourth-order valence-corrected chi connectivity index (χ4v) is 9.73. The van der Waals surface area contributed by atoms with Crippen molar-refractivity contribution in [1.82, 2.24) is 0 Å². The van der Waals surface area contributed by atoms with E-state index in [4.69, 9.17) is 0 Å².